The monoisotopic (exact) mass is 522 g/mol. The van der Waals surface area contributed by atoms with Gasteiger partial charge in [-0.3, -0.25) is 33.6 Å². The number of aryl methyl sites for hydroxylation is 1. The largest absolute Gasteiger partial charge is 0.354 e. The molecule has 0 saturated carbocycles. The van der Waals surface area contributed by atoms with Crippen LogP contribution in [-0.4, -0.2) is 52.0 Å². The molecule has 1 atom stereocenters. The third-order valence-electron chi connectivity index (χ3n) is 6.01. The second-order valence-corrected chi connectivity index (χ2v) is 9.60. The van der Waals surface area contributed by atoms with Crippen molar-refractivity contribution >= 4 is 34.4 Å². The van der Waals surface area contributed by atoms with Crippen LogP contribution in [0.3, 0.4) is 0 Å². The number of nitro groups is 1. The van der Waals surface area contributed by atoms with Gasteiger partial charge in [0.15, 0.2) is 10.8 Å². The summed E-state index contributed by atoms with van der Waals surface area (Å²) in [4.78, 5) is 56.8. The number of amides is 1. The Kier molecular flexibility index (Phi) is 6.56. The fraction of sp³-hybridized carbons (Fsp3) is 0.304. The number of carbonyl (C=O) groups is 1. The number of nitro benzene ring substituents is 1. The van der Waals surface area contributed by atoms with Gasteiger partial charge < -0.3 is 5.32 Å². The Labute approximate surface area is 213 Å². The number of hydrogen-bond donors (Lipinski definition) is 1. The van der Waals surface area contributed by atoms with Crippen LogP contribution in [-0.2, 0) is 17.9 Å². The predicted octanol–water partition coefficient (Wildman–Crippen LogP) is 1.27. The molecular weight excluding hydrogens is 500 g/mol. The van der Waals surface area contributed by atoms with Crippen LogP contribution in [0.4, 0.5) is 5.69 Å². The molecule has 4 heterocycles. The zero-order valence-electron chi connectivity index (χ0n) is 19.7. The lowest BCUT2D eigenvalue weighted by Gasteiger charge is -2.13. The third-order valence-corrected chi connectivity index (χ3v) is 7.10. The number of rotatable bonds is 8. The van der Waals surface area contributed by atoms with Crippen LogP contribution in [0.15, 0.2) is 57.6 Å². The zero-order chi connectivity index (χ0) is 26.1. The van der Waals surface area contributed by atoms with E-state index in [9.17, 15) is 24.5 Å². The third kappa shape index (κ3) is 5.00. The predicted molar refractivity (Wildman–Crippen MR) is 135 cm³/mol. The SMILES string of the molecule is Cc1cc(=O)n2c(n1)SCC2CC(=O)NCCn1ncc2c(=O)n(Cc3ccc([N+](=O)[O-])cc3)cnc21. The number of non-ortho nitro benzene ring substituents is 1. The van der Waals surface area contributed by atoms with Crippen molar-refractivity contribution in [2.24, 2.45) is 0 Å². The highest BCUT2D eigenvalue weighted by atomic mass is 32.2. The quantitative estimate of drug-likeness (QED) is 0.204. The van der Waals surface area contributed by atoms with Crippen LogP contribution in [0.25, 0.3) is 11.0 Å². The summed E-state index contributed by atoms with van der Waals surface area (Å²) in [6.07, 6.45) is 3.01. The molecule has 1 aliphatic rings. The van der Waals surface area contributed by atoms with Gasteiger partial charge in [-0.15, -0.1) is 0 Å². The Morgan fingerprint density at radius 2 is 2.05 bits per heavy atom. The van der Waals surface area contributed by atoms with Crippen molar-refractivity contribution in [1.82, 2.24) is 34.2 Å². The molecule has 3 aromatic heterocycles. The minimum absolute atomic E-state index is 0.0222. The molecule has 4 aromatic rings. The summed E-state index contributed by atoms with van der Waals surface area (Å²) >= 11 is 1.46. The first-order chi connectivity index (χ1) is 17.8. The maximum atomic E-state index is 12.9. The average molecular weight is 523 g/mol. The first kappa shape index (κ1) is 24.4. The smallest absolute Gasteiger partial charge is 0.269 e. The molecule has 14 heteroatoms. The Balaban J connectivity index is 1.20. The van der Waals surface area contributed by atoms with Gasteiger partial charge in [-0.05, 0) is 12.5 Å². The van der Waals surface area contributed by atoms with Gasteiger partial charge in [-0.1, -0.05) is 23.9 Å². The fourth-order valence-electron chi connectivity index (χ4n) is 4.19. The molecule has 0 saturated heterocycles. The minimum Gasteiger partial charge on any atom is -0.354 e. The van der Waals surface area contributed by atoms with Crippen molar-refractivity contribution in [2.45, 2.75) is 37.6 Å². The molecule has 0 aliphatic carbocycles. The van der Waals surface area contributed by atoms with Crippen LogP contribution in [0.2, 0.25) is 0 Å². The topological polar surface area (TPSA) is 160 Å². The van der Waals surface area contributed by atoms with E-state index in [0.717, 1.165) is 5.56 Å². The second kappa shape index (κ2) is 9.97. The van der Waals surface area contributed by atoms with Gasteiger partial charge in [0.2, 0.25) is 5.91 Å². The molecule has 5 rings (SSSR count). The van der Waals surface area contributed by atoms with Crippen molar-refractivity contribution in [3.05, 3.63) is 84.9 Å². The van der Waals surface area contributed by atoms with E-state index in [1.165, 1.54) is 47.1 Å². The second-order valence-electron chi connectivity index (χ2n) is 8.61. The van der Waals surface area contributed by atoms with E-state index >= 15 is 0 Å². The van der Waals surface area contributed by atoms with E-state index in [0.29, 0.717) is 34.2 Å². The maximum Gasteiger partial charge on any atom is 0.269 e. The molecular formula is C23H22N8O5S. The first-order valence-corrected chi connectivity index (χ1v) is 12.4. The summed E-state index contributed by atoms with van der Waals surface area (Å²) in [6, 6.07) is 7.19. The van der Waals surface area contributed by atoms with E-state index < -0.39 is 4.92 Å². The molecule has 1 aromatic carbocycles. The Hall–Kier alpha value is -4.33. The summed E-state index contributed by atoms with van der Waals surface area (Å²) in [6.45, 7) is 2.56. The molecule has 0 radical (unpaired) electrons. The molecule has 0 spiro atoms. The average Bonchev–Trinajstić information content (AvgIpc) is 3.46. The van der Waals surface area contributed by atoms with Crippen LogP contribution in [0, 0.1) is 17.0 Å². The number of nitrogens with zero attached hydrogens (tertiary/aromatic N) is 7. The highest BCUT2D eigenvalue weighted by Gasteiger charge is 2.27. The Bertz CT molecular complexity index is 1630. The molecule has 0 bridgehead atoms. The highest BCUT2D eigenvalue weighted by Crippen LogP contribution is 2.31. The molecule has 1 unspecified atom stereocenters. The lowest BCUT2D eigenvalue weighted by atomic mass is 10.2. The molecule has 1 amide bonds. The van der Waals surface area contributed by atoms with Crippen LogP contribution >= 0.6 is 11.8 Å². The van der Waals surface area contributed by atoms with Crippen LogP contribution < -0.4 is 16.4 Å². The van der Waals surface area contributed by atoms with Gasteiger partial charge in [0, 0.05) is 42.6 Å². The van der Waals surface area contributed by atoms with Crippen molar-refractivity contribution < 1.29 is 9.72 Å². The lowest BCUT2D eigenvalue weighted by molar-refractivity contribution is -0.384. The zero-order valence-corrected chi connectivity index (χ0v) is 20.6. The van der Waals surface area contributed by atoms with Gasteiger partial charge in [-0.2, -0.15) is 5.10 Å². The molecule has 0 fully saturated rings. The molecule has 190 valence electrons. The van der Waals surface area contributed by atoms with Crippen LogP contribution in [0.1, 0.15) is 23.7 Å². The Morgan fingerprint density at radius 3 is 2.81 bits per heavy atom. The van der Waals surface area contributed by atoms with Gasteiger partial charge in [-0.25, -0.2) is 14.6 Å². The standard InChI is InChI=1S/C23H22N8O5S/c1-14-8-20(33)30-17(12-37-23(30)27-14)9-19(32)24-6-7-29-21-18(10-26-29)22(34)28(13-25-21)11-15-2-4-16(5-3-15)31(35)36/h2-5,8,10,13,17H,6-7,9,11-12H2,1H3,(H,24,32). The van der Waals surface area contributed by atoms with Crippen molar-refractivity contribution in [3.8, 4) is 0 Å². The summed E-state index contributed by atoms with van der Waals surface area (Å²) in [5.74, 6) is 0.416. The number of hydrogen-bond acceptors (Lipinski definition) is 9. The van der Waals surface area contributed by atoms with E-state index in [2.05, 4.69) is 20.4 Å². The van der Waals surface area contributed by atoms with Gasteiger partial charge in [0.1, 0.15) is 11.7 Å². The van der Waals surface area contributed by atoms with Crippen molar-refractivity contribution in [2.75, 3.05) is 12.3 Å². The van der Waals surface area contributed by atoms with E-state index in [1.807, 2.05) is 0 Å². The van der Waals surface area contributed by atoms with Gasteiger partial charge >= 0.3 is 0 Å². The van der Waals surface area contributed by atoms with Crippen molar-refractivity contribution in [3.63, 3.8) is 0 Å². The Morgan fingerprint density at radius 1 is 1.27 bits per heavy atom. The minimum atomic E-state index is -0.479. The number of carbonyl (C=O) groups excluding carboxylic acids is 1. The molecule has 1 aliphatic heterocycles. The molecule has 13 nitrogen and oxygen atoms in total. The number of fused-ring (bicyclic) bond motifs is 2. The molecule has 37 heavy (non-hydrogen) atoms. The van der Waals surface area contributed by atoms with E-state index in [4.69, 9.17) is 0 Å². The van der Waals surface area contributed by atoms with E-state index in [-0.39, 0.29) is 48.3 Å². The number of aromatic nitrogens is 6. The van der Waals surface area contributed by atoms with E-state index in [1.54, 1.807) is 28.3 Å². The maximum absolute atomic E-state index is 12.9. The normalized spacial score (nSPS) is 14.6. The number of nitrogens with one attached hydrogen (secondary N) is 1. The summed E-state index contributed by atoms with van der Waals surface area (Å²) in [7, 11) is 0. The van der Waals surface area contributed by atoms with Crippen LogP contribution in [0.5, 0.6) is 0 Å². The van der Waals surface area contributed by atoms with Gasteiger partial charge in [0.25, 0.3) is 16.8 Å². The first-order valence-electron chi connectivity index (χ1n) is 11.4. The fourth-order valence-corrected chi connectivity index (χ4v) is 5.39. The number of thioether (sulfide) groups is 1. The highest BCUT2D eigenvalue weighted by molar-refractivity contribution is 7.99. The number of benzene rings is 1. The summed E-state index contributed by atoms with van der Waals surface area (Å²) in [5, 5.41) is 18.9. The molecule has 1 N–H and O–H groups in total. The lowest BCUT2D eigenvalue weighted by Crippen LogP contribution is -2.32. The summed E-state index contributed by atoms with van der Waals surface area (Å²) in [5.41, 5.74) is 1.32. The van der Waals surface area contributed by atoms with Gasteiger partial charge in [0.05, 0.1) is 30.3 Å². The van der Waals surface area contributed by atoms with Crippen molar-refractivity contribution in [1.29, 1.82) is 0 Å². The summed E-state index contributed by atoms with van der Waals surface area (Å²) < 4.78 is 4.53.